The summed E-state index contributed by atoms with van der Waals surface area (Å²) in [4.78, 5) is 16.4. The standard InChI is InChI=1S/C19H14F3N3O2/c1-27-15-5-3-2-4-12(15)19(26)25-16-9-6-11(10-23-16)24-14-8-7-13(20)17(21)18(14)22/h2-10,24H,1H3,(H,23,25,26). The van der Waals surface area contributed by atoms with Gasteiger partial charge < -0.3 is 15.4 Å². The molecule has 5 nitrogen and oxygen atoms in total. The van der Waals surface area contributed by atoms with Crippen molar-refractivity contribution in [2.75, 3.05) is 17.7 Å². The highest BCUT2D eigenvalue weighted by Crippen LogP contribution is 2.24. The summed E-state index contributed by atoms with van der Waals surface area (Å²) < 4.78 is 45.1. The van der Waals surface area contributed by atoms with Gasteiger partial charge in [0.1, 0.15) is 11.6 Å². The van der Waals surface area contributed by atoms with Crippen LogP contribution in [0, 0.1) is 17.5 Å². The highest BCUT2D eigenvalue weighted by atomic mass is 19.2. The predicted molar refractivity (Wildman–Crippen MR) is 94.8 cm³/mol. The Morgan fingerprint density at radius 3 is 2.48 bits per heavy atom. The van der Waals surface area contributed by atoms with E-state index in [1.54, 1.807) is 24.3 Å². The van der Waals surface area contributed by atoms with Crippen LogP contribution in [0.15, 0.2) is 54.7 Å². The van der Waals surface area contributed by atoms with E-state index < -0.39 is 23.4 Å². The average molecular weight is 373 g/mol. The monoisotopic (exact) mass is 373 g/mol. The lowest BCUT2D eigenvalue weighted by Crippen LogP contribution is -2.14. The summed E-state index contributed by atoms with van der Waals surface area (Å²) in [6, 6.07) is 11.6. The Balaban J connectivity index is 1.72. The van der Waals surface area contributed by atoms with Crippen LogP contribution < -0.4 is 15.4 Å². The van der Waals surface area contributed by atoms with E-state index in [-0.39, 0.29) is 11.5 Å². The van der Waals surface area contributed by atoms with Crippen LogP contribution >= 0.6 is 0 Å². The molecule has 8 heteroatoms. The molecule has 0 bridgehead atoms. The molecule has 3 aromatic rings. The zero-order chi connectivity index (χ0) is 19.4. The van der Waals surface area contributed by atoms with Crippen molar-refractivity contribution in [3.05, 3.63) is 77.7 Å². The van der Waals surface area contributed by atoms with Crippen LogP contribution in [0.25, 0.3) is 0 Å². The van der Waals surface area contributed by atoms with Crippen LogP contribution in [0.1, 0.15) is 10.4 Å². The van der Waals surface area contributed by atoms with E-state index in [1.807, 2.05) is 0 Å². The molecular formula is C19H14F3N3O2. The Bertz CT molecular complexity index is 978. The highest BCUT2D eigenvalue weighted by molar-refractivity contribution is 6.05. The van der Waals surface area contributed by atoms with Gasteiger partial charge in [-0.2, -0.15) is 0 Å². The van der Waals surface area contributed by atoms with Gasteiger partial charge in [0.15, 0.2) is 17.5 Å². The first-order valence-electron chi connectivity index (χ1n) is 7.80. The third kappa shape index (κ3) is 4.00. The minimum Gasteiger partial charge on any atom is -0.496 e. The van der Waals surface area contributed by atoms with Gasteiger partial charge in [0, 0.05) is 0 Å². The number of para-hydroxylation sites is 1. The number of methoxy groups -OCH3 is 1. The van der Waals surface area contributed by atoms with Crippen molar-refractivity contribution in [2.24, 2.45) is 0 Å². The SMILES string of the molecule is COc1ccccc1C(=O)Nc1ccc(Nc2ccc(F)c(F)c2F)cn1. The minimum atomic E-state index is -1.56. The molecule has 0 atom stereocenters. The number of aromatic nitrogens is 1. The highest BCUT2D eigenvalue weighted by Gasteiger charge is 2.14. The number of carbonyl (C=O) groups is 1. The molecule has 3 rings (SSSR count). The lowest BCUT2D eigenvalue weighted by Gasteiger charge is -2.10. The van der Waals surface area contributed by atoms with E-state index in [1.165, 1.54) is 25.4 Å². The summed E-state index contributed by atoms with van der Waals surface area (Å²) in [5.41, 5.74) is 0.435. The summed E-state index contributed by atoms with van der Waals surface area (Å²) in [7, 11) is 1.46. The number of ether oxygens (including phenoxy) is 1. The summed E-state index contributed by atoms with van der Waals surface area (Å²) in [5.74, 6) is -3.90. The van der Waals surface area contributed by atoms with Gasteiger partial charge in [0.2, 0.25) is 0 Å². The van der Waals surface area contributed by atoms with Crippen LogP contribution in [0.3, 0.4) is 0 Å². The zero-order valence-electron chi connectivity index (χ0n) is 14.1. The van der Waals surface area contributed by atoms with Gasteiger partial charge in [-0.3, -0.25) is 4.79 Å². The molecule has 0 aliphatic carbocycles. The fraction of sp³-hybridized carbons (Fsp3) is 0.0526. The Labute approximate surface area is 152 Å². The molecule has 0 saturated heterocycles. The Morgan fingerprint density at radius 1 is 1.00 bits per heavy atom. The molecule has 0 fully saturated rings. The van der Waals surface area contributed by atoms with Gasteiger partial charge in [-0.15, -0.1) is 0 Å². The third-order valence-electron chi connectivity index (χ3n) is 3.67. The number of amides is 1. The van der Waals surface area contributed by atoms with Crippen LogP contribution in [0.5, 0.6) is 5.75 Å². The number of pyridine rings is 1. The van der Waals surface area contributed by atoms with Crippen molar-refractivity contribution >= 4 is 23.1 Å². The second-order valence-electron chi connectivity index (χ2n) is 5.43. The molecule has 2 aromatic carbocycles. The van der Waals surface area contributed by atoms with Gasteiger partial charge in [0.05, 0.1) is 30.2 Å². The maximum absolute atomic E-state index is 13.7. The van der Waals surface area contributed by atoms with Crippen molar-refractivity contribution in [1.82, 2.24) is 4.98 Å². The van der Waals surface area contributed by atoms with Crippen molar-refractivity contribution in [1.29, 1.82) is 0 Å². The third-order valence-corrected chi connectivity index (χ3v) is 3.67. The van der Waals surface area contributed by atoms with Crippen LogP contribution in [-0.4, -0.2) is 18.0 Å². The molecule has 1 amide bonds. The number of halogens is 3. The minimum absolute atomic E-state index is 0.235. The molecular weight excluding hydrogens is 359 g/mol. The van der Waals surface area contributed by atoms with E-state index >= 15 is 0 Å². The number of nitrogens with one attached hydrogen (secondary N) is 2. The van der Waals surface area contributed by atoms with E-state index in [4.69, 9.17) is 4.74 Å². The van der Waals surface area contributed by atoms with E-state index in [9.17, 15) is 18.0 Å². The number of nitrogens with zero attached hydrogens (tertiary/aromatic N) is 1. The van der Waals surface area contributed by atoms with Crippen LogP contribution in [0.2, 0.25) is 0 Å². The normalized spacial score (nSPS) is 10.4. The van der Waals surface area contributed by atoms with Gasteiger partial charge in [0.25, 0.3) is 5.91 Å². The summed E-state index contributed by atoms with van der Waals surface area (Å²) in [6.07, 6.45) is 1.32. The van der Waals surface area contributed by atoms with E-state index in [0.29, 0.717) is 17.0 Å². The lowest BCUT2D eigenvalue weighted by molar-refractivity contribution is 0.102. The Kier molecular flexibility index (Phi) is 5.25. The molecule has 0 aliphatic rings. The molecule has 0 unspecified atom stereocenters. The first-order chi connectivity index (χ1) is 13.0. The molecule has 0 spiro atoms. The van der Waals surface area contributed by atoms with Crippen LogP contribution in [0.4, 0.5) is 30.4 Å². The second-order valence-corrected chi connectivity index (χ2v) is 5.43. The topological polar surface area (TPSA) is 63.2 Å². The predicted octanol–water partition coefficient (Wildman–Crippen LogP) is 4.50. The molecule has 2 N–H and O–H groups in total. The lowest BCUT2D eigenvalue weighted by atomic mass is 10.2. The van der Waals surface area contributed by atoms with Gasteiger partial charge in [-0.25, -0.2) is 18.2 Å². The number of rotatable bonds is 5. The van der Waals surface area contributed by atoms with Crippen molar-refractivity contribution < 1.29 is 22.7 Å². The van der Waals surface area contributed by atoms with E-state index in [2.05, 4.69) is 15.6 Å². The maximum Gasteiger partial charge on any atom is 0.260 e. The second kappa shape index (κ2) is 7.77. The van der Waals surface area contributed by atoms with Gasteiger partial charge in [-0.05, 0) is 36.4 Å². The number of carbonyl (C=O) groups excluding carboxylic acids is 1. The van der Waals surface area contributed by atoms with Crippen molar-refractivity contribution in [3.63, 3.8) is 0 Å². The fourth-order valence-electron chi connectivity index (χ4n) is 2.34. The van der Waals surface area contributed by atoms with Gasteiger partial charge >= 0.3 is 0 Å². The maximum atomic E-state index is 13.7. The first kappa shape index (κ1) is 18.2. The molecule has 1 aromatic heterocycles. The van der Waals surface area contributed by atoms with Crippen molar-refractivity contribution in [2.45, 2.75) is 0 Å². The van der Waals surface area contributed by atoms with Crippen LogP contribution in [-0.2, 0) is 0 Å². The largest absolute Gasteiger partial charge is 0.496 e. The van der Waals surface area contributed by atoms with Gasteiger partial charge in [-0.1, -0.05) is 12.1 Å². The number of anilines is 3. The molecule has 1 heterocycles. The summed E-state index contributed by atoms with van der Waals surface area (Å²) in [6.45, 7) is 0. The summed E-state index contributed by atoms with van der Waals surface area (Å²) >= 11 is 0. The molecule has 0 radical (unpaired) electrons. The van der Waals surface area contributed by atoms with Crippen molar-refractivity contribution in [3.8, 4) is 5.75 Å². The molecule has 0 saturated carbocycles. The number of hydrogen-bond donors (Lipinski definition) is 2. The number of hydrogen-bond acceptors (Lipinski definition) is 4. The Morgan fingerprint density at radius 2 is 1.78 bits per heavy atom. The summed E-state index contributed by atoms with van der Waals surface area (Å²) in [5, 5.41) is 5.20. The molecule has 27 heavy (non-hydrogen) atoms. The Hall–Kier alpha value is -3.55. The zero-order valence-corrected chi connectivity index (χ0v) is 14.1. The fourth-order valence-corrected chi connectivity index (χ4v) is 2.34. The number of benzene rings is 2. The van der Waals surface area contributed by atoms with E-state index in [0.717, 1.165) is 12.1 Å². The quantitative estimate of drug-likeness (QED) is 0.647. The molecule has 0 aliphatic heterocycles. The molecule has 138 valence electrons. The average Bonchev–Trinajstić information content (AvgIpc) is 2.69. The smallest absolute Gasteiger partial charge is 0.260 e. The first-order valence-corrected chi connectivity index (χ1v) is 7.80.